The summed E-state index contributed by atoms with van der Waals surface area (Å²) in [5.74, 6) is -0.0532. The van der Waals surface area contributed by atoms with Crippen LogP contribution >= 0.6 is 23.2 Å². The van der Waals surface area contributed by atoms with Crippen LogP contribution in [0.5, 0.6) is 17.2 Å². The molecule has 0 atom stereocenters. The van der Waals surface area contributed by atoms with Gasteiger partial charge in [0.25, 0.3) is 5.91 Å². The number of nitrogens with one attached hydrogen (secondary N) is 1. The summed E-state index contributed by atoms with van der Waals surface area (Å²) in [6.45, 7) is -0.224. The maximum Gasteiger partial charge on any atom is 0.345 e. The third-order valence-electron chi connectivity index (χ3n) is 4.05. The molecule has 1 N–H and O–H groups in total. The molecule has 0 radical (unpaired) electrons. The lowest BCUT2D eigenvalue weighted by molar-refractivity contribution is -0.123. The zero-order valence-electron chi connectivity index (χ0n) is 16.9. The molecule has 32 heavy (non-hydrogen) atoms. The molecule has 0 spiro atoms. The van der Waals surface area contributed by atoms with E-state index in [1.54, 1.807) is 66.7 Å². The van der Waals surface area contributed by atoms with Gasteiger partial charge in [-0.05, 0) is 54.1 Å². The number of methoxy groups -OCH3 is 1. The van der Waals surface area contributed by atoms with E-state index in [1.807, 2.05) is 0 Å². The largest absolute Gasteiger partial charge is 0.493 e. The highest BCUT2D eigenvalue weighted by molar-refractivity contribution is 6.33. The Labute approximate surface area is 194 Å². The Kier molecular flexibility index (Phi) is 8.08. The molecule has 0 aromatic heterocycles. The van der Waals surface area contributed by atoms with Gasteiger partial charge in [-0.3, -0.25) is 4.79 Å². The molecule has 3 aromatic carbocycles. The van der Waals surface area contributed by atoms with Gasteiger partial charge in [0.15, 0.2) is 18.1 Å². The van der Waals surface area contributed by atoms with E-state index in [1.165, 1.54) is 13.3 Å². The topological polar surface area (TPSA) is 86.2 Å². The number of ether oxygens (including phenoxy) is 3. The van der Waals surface area contributed by atoms with Gasteiger partial charge in [0.2, 0.25) is 0 Å². The average Bonchev–Trinajstić information content (AvgIpc) is 2.79. The van der Waals surface area contributed by atoms with E-state index in [0.717, 1.165) is 0 Å². The molecule has 0 aliphatic carbocycles. The van der Waals surface area contributed by atoms with Crippen molar-refractivity contribution >= 4 is 41.3 Å². The van der Waals surface area contributed by atoms with E-state index < -0.39 is 11.9 Å². The first-order valence-corrected chi connectivity index (χ1v) is 10.1. The molecule has 0 fully saturated rings. The number of hydrogen-bond donors (Lipinski definition) is 1. The zero-order chi connectivity index (χ0) is 22.9. The maximum atomic E-state index is 12.4. The maximum absolute atomic E-state index is 12.4. The molecular formula is C23H18Cl2N2O5. The van der Waals surface area contributed by atoms with Gasteiger partial charge in [-0.1, -0.05) is 41.4 Å². The fraction of sp³-hybridized carbons (Fsp3) is 0.0870. The monoisotopic (exact) mass is 472 g/mol. The minimum Gasteiger partial charge on any atom is -0.493 e. The van der Waals surface area contributed by atoms with E-state index in [0.29, 0.717) is 22.1 Å². The lowest BCUT2D eigenvalue weighted by Crippen LogP contribution is -2.24. The highest BCUT2D eigenvalue weighted by Gasteiger charge is 2.15. The van der Waals surface area contributed by atoms with Crippen molar-refractivity contribution in [2.45, 2.75) is 0 Å². The second kappa shape index (κ2) is 11.2. The third kappa shape index (κ3) is 6.47. The summed E-state index contributed by atoms with van der Waals surface area (Å²) in [6.07, 6.45) is 1.42. The predicted molar refractivity (Wildman–Crippen MR) is 122 cm³/mol. The normalized spacial score (nSPS) is 10.6. The minimum atomic E-state index is -0.609. The van der Waals surface area contributed by atoms with E-state index in [2.05, 4.69) is 10.5 Å². The van der Waals surface area contributed by atoms with Gasteiger partial charge >= 0.3 is 5.97 Å². The summed E-state index contributed by atoms with van der Waals surface area (Å²) >= 11 is 11.9. The highest BCUT2D eigenvalue weighted by Crippen LogP contribution is 2.29. The Morgan fingerprint density at radius 3 is 2.56 bits per heavy atom. The van der Waals surface area contributed by atoms with Crippen LogP contribution in [-0.2, 0) is 4.79 Å². The third-order valence-corrected chi connectivity index (χ3v) is 4.62. The van der Waals surface area contributed by atoms with E-state index in [9.17, 15) is 9.59 Å². The lowest BCUT2D eigenvalue weighted by Gasteiger charge is -2.10. The Hall–Kier alpha value is -3.55. The van der Waals surface area contributed by atoms with Crippen molar-refractivity contribution in [1.29, 1.82) is 0 Å². The number of nitrogens with zero attached hydrogens (tertiary/aromatic N) is 1. The Bertz CT molecular complexity index is 1150. The van der Waals surface area contributed by atoms with E-state index in [-0.39, 0.29) is 22.9 Å². The van der Waals surface area contributed by atoms with Crippen LogP contribution in [0.1, 0.15) is 15.9 Å². The van der Waals surface area contributed by atoms with Crippen LogP contribution in [0.4, 0.5) is 0 Å². The van der Waals surface area contributed by atoms with Crippen LogP contribution in [0.15, 0.2) is 71.8 Å². The molecule has 3 rings (SSSR count). The van der Waals surface area contributed by atoms with Gasteiger partial charge in [-0.15, -0.1) is 0 Å². The number of carbonyl (C=O) groups is 2. The fourth-order valence-corrected chi connectivity index (χ4v) is 2.94. The Morgan fingerprint density at radius 2 is 1.81 bits per heavy atom. The first-order valence-electron chi connectivity index (χ1n) is 9.31. The van der Waals surface area contributed by atoms with Gasteiger partial charge in [-0.2, -0.15) is 5.10 Å². The molecule has 3 aromatic rings. The van der Waals surface area contributed by atoms with Crippen LogP contribution in [0, 0.1) is 0 Å². The van der Waals surface area contributed by atoms with Crippen molar-refractivity contribution in [3.05, 3.63) is 87.9 Å². The van der Waals surface area contributed by atoms with E-state index >= 15 is 0 Å². The molecule has 7 nitrogen and oxygen atoms in total. The van der Waals surface area contributed by atoms with Crippen molar-refractivity contribution in [2.75, 3.05) is 13.7 Å². The number of benzene rings is 3. The number of carbonyl (C=O) groups excluding carboxylic acids is 2. The van der Waals surface area contributed by atoms with Crippen LogP contribution < -0.4 is 19.6 Å². The molecule has 0 heterocycles. The number of amides is 1. The van der Waals surface area contributed by atoms with Crippen molar-refractivity contribution in [1.82, 2.24) is 5.43 Å². The minimum absolute atomic E-state index is 0.216. The smallest absolute Gasteiger partial charge is 0.345 e. The molecule has 0 unspecified atom stereocenters. The summed E-state index contributed by atoms with van der Waals surface area (Å²) in [5.41, 5.74) is 3.21. The lowest BCUT2D eigenvalue weighted by atomic mass is 10.2. The number of esters is 1. The summed E-state index contributed by atoms with van der Waals surface area (Å²) in [6, 6.07) is 18.1. The van der Waals surface area contributed by atoms with Crippen LogP contribution in [-0.4, -0.2) is 31.8 Å². The van der Waals surface area contributed by atoms with Gasteiger partial charge in [0, 0.05) is 5.02 Å². The average molecular weight is 473 g/mol. The molecule has 0 saturated heterocycles. The summed E-state index contributed by atoms with van der Waals surface area (Å²) in [5, 5.41) is 4.68. The number of halogens is 2. The molecule has 0 bridgehead atoms. The van der Waals surface area contributed by atoms with Crippen molar-refractivity contribution < 1.29 is 23.8 Å². The van der Waals surface area contributed by atoms with E-state index in [4.69, 9.17) is 37.4 Å². The first-order chi connectivity index (χ1) is 15.5. The number of hydrogen-bond acceptors (Lipinski definition) is 6. The molecule has 0 aliphatic heterocycles. The van der Waals surface area contributed by atoms with Gasteiger partial charge in [0.05, 0.1) is 23.9 Å². The van der Waals surface area contributed by atoms with Crippen LogP contribution in [0.2, 0.25) is 10.0 Å². The SMILES string of the molecule is COc1cc(/C=N/NC(=O)COc2cccc(Cl)c2)ccc1OC(=O)c1ccccc1Cl. The number of rotatable bonds is 8. The molecular weight excluding hydrogens is 455 g/mol. The van der Waals surface area contributed by atoms with Crippen LogP contribution in [0.25, 0.3) is 0 Å². The summed E-state index contributed by atoms with van der Waals surface area (Å²) < 4.78 is 16.0. The molecule has 1 amide bonds. The van der Waals surface area contributed by atoms with Gasteiger partial charge < -0.3 is 14.2 Å². The first kappa shape index (κ1) is 23.1. The van der Waals surface area contributed by atoms with Gasteiger partial charge in [-0.25, -0.2) is 10.2 Å². The molecule has 0 saturated carbocycles. The Morgan fingerprint density at radius 1 is 1.00 bits per heavy atom. The standard InChI is InChI=1S/C23H18Cl2N2O5/c1-30-21-11-15(9-10-20(21)32-23(29)18-7-2-3-8-19(18)25)13-26-27-22(28)14-31-17-6-4-5-16(24)12-17/h2-13H,14H2,1H3,(H,27,28)/b26-13+. The quantitative estimate of drug-likeness (QED) is 0.221. The van der Waals surface area contributed by atoms with Crippen molar-refractivity contribution in [2.24, 2.45) is 5.10 Å². The highest BCUT2D eigenvalue weighted by atomic mass is 35.5. The second-order valence-corrected chi connectivity index (χ2v) is 7.16. The van der Waals surface area contributed by atoms with Crippen molar-refractivity contribution in [3.63, 3.8) is 0 Å². The fourth-order valence-electron chi connectivity index (χ4n) is 2.55. The predicted octanol–water partition coefficient (Wildman–Crippen LogP) is 4.75. The second-order valence-electron chi connectivity index (χ2n) is 6.32. The zero-order valence-corrected chi connectivity index (χ0v) is 18.4. The molecule has 164 valence electrons. The molecule has 0 aliphatic rings. The summed E-state index contributed by atoms with van der Waals surface area (Å²) in [4.78, 5) is 24.2. The number of hydrazone groups is 1. The molecule has 9 heteroatoms. The van der Waals surface area contributed by atoms with Gasteiger partial charge in [0.1, 0.15) is 5.75 Å². The summed E-state index contributed by atoms with van der Waals surface area (Å²) in [7, 11) is 1.44. The van der Waals surface area contributed by atoms with Crippen LogP contribution in [0.3, 0.4) is 0 Å². The Balaban J connectivity index is 1.58. The van der Waals surface area contributed by atoms with Crippen molar-refractivity contribution in [3.8, 4) is 17.2 Å².